The van der Waals surface area contributed by atoms with Crippen molar-refractivity contribution in [2.45, 2.75) is 52.6 Å². The van der Waals surface area contributed by atoms with Gasteiger partial charge in [0.15, 0.2) is 11.7 Å². The van der Waals surface area contributed by atoms with E-state index in [1.807, 2.05) is 37.3 Å². The highest BCUT2D eigenvalue weighted by molar-refractivity contribution is 5.94. The van der Waals surface area contributed by atoms with Crippen LogP contribution in [0.5, 0.6) is 0 Å². The van der Waals surface area contributed by atoms with Crippen molar-refractivity contribution in [2.75, 3.05) is 13.6 Å². The number of nitrogens with one attached hydrogen (secondary N) is 3. The first-order chi connectivity index (χ1) is 13.6. The summed E-state index contributed by atoms with van der Waals surface area (Å²) in [5.41, 5.74) is 2.66. The van der Waals surface area contributed by atoms with E-state index >= 15 is 0 Å². The number of aliphatic imine (C=N–C) groups is 1. The molecule has 7 heteroatoms. The molecule has 0 atom stereocenters. The van der Waals surface area contributed by atoms with Crippen molar-refractivity contribution >= 4 is 11.9 Å². The third-order valence-electron chi connectivity index (χ3n) is 4.62. The van der Waals surface area contributed by atoms with Gasteiger partial charge in [-0.3, -0.25) is 9.79 Å². The number of rotatable bonds is 9. The van der Waals surface area contributed by atoms with Crippen LogP contribution >= 0.6 is 0 Å². The minimum absolute atomic E-state index is 0.0644. The summed E-state index contributed by atoms with van der Waals surface area (Å²) in [5.74, 6) is 1.81. The number of hydrogen-bond acceptors (Lipinski definition) is 4. The second-order valence-corrected chi connectivity index (χ2v) is 6.57. The lowest BCUT2D eigenvalue weighted by molar-refractivity contribution is 0.0955. The van der Waals surface area contributed by atoms with Crippen molar-refractivity contribution in [1.29, 1.82) is 0 Å². The van der Waals surface area contributed by atoms with Crippen LogP contribution in [0.25, 0.3) is 0 Å². The number of hydrogen-bond donors (Lipinski definition) is 3. The lowest BCUT2D eigenvalue weighted by Crippen LogP contribution is -2.36. The van der Waals surface area contributed by atoms with Crippen LogP contribution in [0, 0.1) is 0 Å². The van der Waals surface area contributed by atoms with E-state index in [0.717, 1.165) is 29.9 Å². The van der Waals surface area contributed by atoms with Crippen molar-refractivity contribution < 1.29 is 9.32 Å². The summed E-state index contributed by atoms with van der Waals surface area (Å²) in [4.78, 5) is 16.2. The Bertz CT molecular complexity index is 781. The summed E-state index contributed by atoms with van der Waals surface area (Å²) in [6, 6.07) is 9.55. The molecule has 7 nitrogen and oxygen atoms in total. The van der Waals surface area contributed by atoms with E-state index in [4.69, 9.17) is 4.52 Å². The predicted molar refractivity (Wildman–Crippen MR) is 111 cm³/mol. The zero-order valence-electron chi connectivity index (χ0n) is 17.2. The average molecular weight is 386 g/mol. The summed E-state index contributed by atoms with van der Waals surface area (Å²) in [6.45, 7) is 7.90. The van der Waals surface area contributed by atoms with Crippen LogP contribution in [0.1, 0.15) is 66.9 Å². The molecule has 0 fully saturated rings. The van der Waals surface area contributed by atoms with E-state index in [1.54, 1.807) is 7.05 Å². The van der Waals surface area contributed by atoms with E-state index < -0.39 is 0 Å². The fraction of sp³-hybridized carbons (Fsp3) is 0.476. The molecule has 0 saturated carbocycles. The molecule has 152 valence electrons. The summed E-state index contributed by atoms with van der Waals surface area (Å²) in [7, 11) is 1.72. The SMILES string of the molecule is CCNC(=O)c1cccc(CNC(=NC)NCc2cc(C(CC)CC)no2)c1. The Labute approximate surface area is 167 Å². The predicted octanol–water partition coefficient (Wildman–Crippen LogP) is 3.19. The molecule has 0 saturated heterocycles. The van der Waals surface area contributed by atoms with Crippen molar-refractivity contribution in [3.8, 4) is 0 Å². The molecule has 0 bridgehead atoms. The van der Waals surface area contributed by atoms with Gasteiger partial charge in [0.25, 0.3) is 5.91 Å². The summed E-state index contributed by atoms with van der Waals surface area (Å²) < 4.78 is 5.43. The van der Waals surface area contributed by atoms with Crippen LogP contribution < -0.4 is 16.0 Å². The molecule has 0 aliphatic heterocycles. The van der Waals surface area contributed by atoms with E-state index in [2.05, 4.69) is 39.9 Å². The van der Waals surface area contributed by atoms with Gasteiger partial charge >= 0.3 is 0 Å². The van der Waals surface area contributed by atoms with Crippen molar-refractivity contribution in [3.63, 3.8) is 0 Å². The van der Waals surface area contributed by atoms with Crippen molar-refractivity contribution in [2.24, 2.45) is 4.99 Å². The Morgan fingerprint density at radius 3 is 2.54 bits per heavy atom. The van der Waals surface area contributed by atoms with Gasteiger partial charge in [0, 0.05) is 37.7 Å². The minimum Gasteiger partial charge on any atom is -0.359 e. The molecule has 0 radical (unpaired) electrons. The van der Waals surface area contributed by atoms with Gasteiger partial charge in [-0.25, -0.2) is 0 Å². The number of benzene rings is 1. The molecule has 1 heterocycles. The van der Waals surface area contributed by atoms with Gasteiger partial charge in [0.05, 0.1) is 12.2 Å². The Kier molecular flexibility index (Phi) is 8.52. The van der Waals surface area contributed by atoms with E-state index in [-0.39, 0.29) is 5.91 Å². The van der Waals surface area contributed by atoms with Gasteiger partial charge in [-0.15, -0.1) is 0 Å². The van der Waals surface area contributed by atoms with Crippen LogP contribution in [0.15, 0.2) is 39.8 Å². The third kappa shape index (κ3) is 6.11. The molecule has 0 aliphatic carbocycles. The first kappa shape index (κ1) is 21.5. The quantitative estimate of drug-likeness (QED) is 0.455. The molecule has 3 N–H and O–H groups in total. The zero-order chi connectivity index (χ0) is 20.4. The molecule has 2 rings (SSSR count). The summed E-state index contributed by atoms with van der Waals surface area (Å²) in [5, 5.41) is 13.5. The maximum absolute atomic E-state index is 12.0. The monoisotopic (exact) mass is 385 g/mol. The molecule has 1 amide bonds. The molecule has 1 aromatic carbocycles. The highest BCUT2D eigenvalue weighted by atomic mass is 16.5. The Morgan fingerprint density at radius 1 is 1.11 bits per heavy atom. The first-order valence-electron chi connectivity index (χ1n) is 9.88. The topological polar surface area (TPSA) is 91.5 Å². The van der Waals surface area contributed by atoms with Gasteiger partial charge in [0.1, 0.15) is 0 Å². The first-order valence-corrected chi connectivity index (χ1v) is 9.88. The largest absolute Gasteiger partial charge is 0.359 e. The van der Waals surface area contributed by atoms with Crippen LogP contribution in [0.2, 0.25) is 0 Å². The number of nitrogens with zero attached hydrogens (tertiary/aromatic N) is 2. The van der Waals surface area contributed by atoms with E-state index in [9.17, 15) is 4.79 Å². The average Bonchev–Trinajstić information content (AvgIpc) is 3.18. The molecular formula is C21H31N5O2. The highest BCUT2D eigenvalue weighted by Crippen LogP contribution is 2.22. The maximum atomic E-state index is 12.0. The lowest BCUT2D eigenvalue weighted by Gasteiger charge is -2.11. The lowest BCUT2D eigenvalue weighted by atomic mass is 9.99. The number of carbonyl (C=O) groups excluding carboxylic acids is 1. The van der Waals surface area contributed by atoms with Crippen LogP contribution in [-0.4, -0.2) is 30.6 Å². The second kappa shape index (κ2) is 11.1. The van der Waals surface area contributed by atoms with Gasteiger partial charge < -0.3 is 20.5 Å². The second-order valence-electron chi connectivity index (χ2n) is 6.57. The van der Waals surface area contributed by atoms with E-state index in [1.165, 1.54) is 0 Å². The minimum atomic E-state index is -0.0644. The van der Waals surface area contributed by atoms with Gasteiger partial charge in [-0.05, 0) is 37.5 Å². The smallest absolute Gasteiger partial charge is 0.251 e. The van der Waals surface area contributed by atoms with E-state index in [0.29, 0.717) is 37.1 Å². The molecule has 1 aromatic heterocycles. The summed E-state index contributed by atoms with van der Waals surface area (Å²) in [6.07, 6.45) is 2.10. The number of aromatic nitrogens is 1. The van der Waals surface area contributed by atoms with Crippen LogP contribution in [-0.2, 0) is 13.1 Å². The molecular weight excluding hydrogens is 354 g/mol. The van der Waals surface area contributed by atoms with Crippen LogP contribution in [0.3, 0.4) is 0 Å². The molecule has 2 aromatic rings. The number of carbonyl (C=O) groups is 1. The van der Waals surface area contributed by atoms with Crippen molar-refractivity contribution in [1.82, 2.24) is 21.1 Å². The maximum Gasteiger partial charge on any atom is 0.251 e. The van der Waals surface area contributed by atoms with Crippen molar-refractivity contribution in [3.05, 3.63) is 52.9 Å². The fourth-order valence-corrected chi connectivity index (χ4v) is 2.97. The molecule has 28 heavy (non-hydrogen) atoms. The molecule has 0 aliphatic rings. The molecule has 0 unspecified atom stereocenters. The van der Waals surface area contributed by atoms with Crippen LogP contribution in [0.4, 0.5) is 0 Å². The summed E-state index contributed by atoms with van der Waals surface area (Å²) >= 11 is 0. The van der Waals surface area contributed by atoms with Gasteiger partial charge in [-0.1, -0.05) is 31.1 Å². The van der Waals surface area contributed by atoms with Gasteiger partial charge in [0.2, 0.25) is 0 Å². The normalized spacial score (nSPS) is 11.5. The Morgan fingerprint density at radius 2 is 1.86 bits per heavy atom. The number of guanidine groups is 1. The Hall–Kier alpha value is -2.83. The fourth-order valence-electron chi connectivity index (χ4n) is 2.97. The Balaban J connectivity index is 1.88. The third-order valence-corrected chi connectivity index (χ3v) is 4.62. The number of amides is 1. The standard InChI is InChI=1S/C21H31N5O2/c1-5-16(6-2)19-12-18(28-26-19)14-25-21(22-4)24-13-15-9-8-10-17(11-15)20(27)23-7-3/h8-12,16H,5-7,13-14H2,1-4H3,(H,23,27)(H2,22,24,25). The molecule has 0 spiro atoms. The van der Waals surface area contributed by atoms with Gasteiger partial charge in [-0.2, -0.15) is 0 Å². The zero-order valence-corrected chi connectivity index (χ0v) is 17.2. The highest BCUT2D eigenvalue weighted by Gasteiger charge is 2.13.